The van der Waals surface area contributed by atoms with Gasteiger partial charge in [0.15, 0.2) is 4.34 Å². The van der Waals surface area contributed by atoms with Gasteiger partial charge in [-0.3, -0.25) is 9.59 Å². The smallest absolute Gasteiger partial charge is 0.251 e. The van der Waals surface area contributed by atoms with E-state index in [2.05, 4.69) is 20.8 Å². The number of amides is 2. The van der Waals surface area contributed by atoms with Crippen LogP contribution in [0.5, 0.6) is 0 Å². The van der Waals surface area contributed by atoms with Crippen LogP contribution in [0.2, 0.25) is 0 Å². The second-order valence-electron chi connectivity index (χ2n) is 3.90. The third-order valence-electron chi connectivity index (χ3n) is 2.38. The summed E-state index contributed by atoms with van der Waals surface area (Å²) in [5, 5.41) is 13.1. The van der Waals surface area contributed by atoms with Gasteiger partial charge in [0.1, 0.15) is 0 Å². The van der Waals surface area contributed by atoms with Gasteiger partial charge >= 0.3 is 0 Å². The molecule has 2 amide bonds. The number of hydrogen-bond donors (Lipinski definition) is 3. The van der Waals surface area contributed by atoms with Crippen molar-refractivity contribution in [1.29, 1.82) is 0 Å². The van der Waals surface area contributed by atoms with Crippen LogP contribution < -0.4 is 16.4 Å². The molecule has 110 valence electrons. The van der Waals surface area contributed by atoms with Gasteiger partial charge in [0.05, 0.1) is 5.75 Å². The topological polar surface area (TPSA) is 110 Å². The summed E-state index contributed by atoms with van der Waals surface area (Å²) in [6, 6.07) is 6.72. The zero-order valence-electron chi connectivity index (χ0n) is 11.1. The highest BCUT2D eigenvalue weighted by molar-refractivity contribution is 8.01. The predicted molar refractivity (Wildman–Crippen MR) is 83.5 cm³/mol. The molecule has 0 aliphatic heterocycles. The Morgan fingerprint density at radius 1 is 1.38 bits per heavy atom. The lowest BCUT2D eigenvalue weighted by molar-refractivity contribution is -0.113. The summed E-state index contributed by atoms with van der Waals surface area (Å²) in [7, 11) is 1.55. The fraction of sp³-hybridized carbons (Fsp3) is 0.167. The Kier molecular flexibility index (Phi) is 5.12. The van der Waals surface area contributed by atoms with Crippen LogP contribution in [0.25, 0.3) is 0 Å². The molecular formula is C12H13N5O2S2. The number of carbonyl (C=O) groups excluding carboxylic acids is 2. The number of thioether (sulfide) groups is 1. The molecule has 9 heteroatoms. The van der Waals surface area contributed by atoms with Gasteiger partial charge in [0.25, 0.3) is 5.91 Å². The summed E-state index contributed by atoms with van der Waals surface area (Å²) >= 11 is 2.49. The zero-order chi connectivity index (χ0) is 15.2. The molecule has 0 spiro atoms. The van der Waals surface area contributed by atoms with Crippen LogP contribution >= 0.6 is 23.1 Å². The van der Waals surface area contributed by atoms with Crippen LogP contribution in [0.1, 0.15) is 10.4 Å². The first-order valence-electron chi connectivity index (χ1n) is 5.92. The van der Waals surface area contributed by atoms with E-state index in [0.29, 0.717) is 20.7 Å². The molecule has 0 radical (unpaired) electrons. The fourth-order valence-corrected chi connectivity index (χ4v) is 2.92. The van der Waals surface area contributed by atoms with Crippen molar-refractivity contribution in [3.63, 3.8) is 0 Å². The number of carbonyl (C=O) groups is 2. The first kappa shape index (κ1) is 15.3. The highest BCUT2D eigenvalue weighted by atomic mass is 32.2. The predicted octanol–water partition coefficient (Wildman–Crippen LogP) is 1.21. The molecule has 0 saturated heterocycles. The number of anilines is 2. The van der Waals surface area contributed by atoms with E-state index in [4.69, 9.17) is 5.73 Å². The first-order chi connectivity index (χ1) is 10.1. The van der Waals surface area contributed by atoms with Crippen molar-refractivity contribution >= 4 is 45.7 Å². The van der Waals surface area contributed by atoms with Crippen molar-refractivity contribution in [2.45, 2.75) is 4.34 Å². The molecule has 2 rings (SSSR count). The molecule has 0 atom stereocenters. The first-order valence-corrected chi connectivity index (χ1v) is 7.72. The lowest BCUT2D eigenvalue weighted by Gasteiger charge is -2.06. The molecule has 21 heavy (non-hydrogen) atoms. The highest BCUT2D eigenvalue weighted by Crippen LogP contribution is 2.23. The quantitative estimate of drug-likeness (QED) is 0.713. The largest absolute Gasteiger partial charge is 0.374 e. The van der Waals surface area contributed by atoms with Crippen LogP contribution in [0.4, 0.5) is 10.8 Å². The zero-order valence-corrected chi connectivity index (χ0v) is 12.8. The molecule has 1 heterocycles. The number of nitrogen functional groups attached to an aromatic ring is 1. The van der Waals surface area contributed by atoms with Gasteiger partial charge in [-0.2, -0.15) is 0 Å². The number of benzene rings is 1. The Hall–Kier alpha value is -2.13. The molecule has 2 aromatic rings. The maximum Gasteiger partial charge on any atom is 0.251 e. The van der Waals surface area contributed by atoms with Gasteiger partial charge in [-0.1, -0.05) is 29.2 Å². The van der Waals surface area contributed by atoms with Crippen molar-refractivity contribution in [2.75, 3.05) is 23.9 Å². The summed E-state index contributed by atoms with van der Waals surface area (Å²) in [6.07, 6.45) is 0. The average Bonchev–Trinajstić information content (AvgIpc) is 2.90. The molecule has 0 fully saturated rings. The molecule has 0 unspecified atom stereocenters. The minimum absolute atomic E-state index is 0.192. The summed E-state index contributed by atoms with van der Waals surface area (Å²) in [6.45, 7) is 0. The minimum atomic E-state index is -0.204. The van der Waals surface area contributed by atoms with Crippen LogP contribution in [-0.4, -0.2) is 34.8 Å². The monoisotopic (exact) mass is 323 g/mol. The van der Waals surface area contributed by atoms with E-state index in [1.165, 1.54) is 23.1 Å². The van der Waals surface area contributed by atoms with Gasteiger partial charge < -0.3 is 16.4 Å². The summed E-state index contributed by atoms with van der Waals surface area (Å²) in [5.41, 5.74) is 6.51. The Bertz CT molecular complexity index is 659. The van der Waals surface area contributed by atoms with Crippen molar-refractivity contribution in [3.8, 4) is 0 Å². The second kappa shape index (κ2) is 7.04. The summed E-state index contributed by atoms with van der Waals surface area (Å²) in [4.78, 5) is 23.3. The fourth-order valence-electron chi connectivity index (χ4n) is 1.49. The number of nitrogens with two attached hydrogens (primary N) is 1. The van der Waals surface area contributed by atoms with Crippen LogP contribution in [0, 0.1) is 0 Å². The van der Waals surface area contributed by atoms with Crippen LogP contribution in [-0.2, 0) is 4.79 Å². The van der Waals surface area contributed by atoms with Gasteiger partial charge in [0.2, 0.25) is 11.0 Å². The molecule has 4 N–H and O–H groups in total. The van der Waals surface area contributed by atoms with E-state index >= 15 is 0 Å². The lowest BCUT2D eigenvalue weighted by Crippen LogP contribution is -2.18. The molecule has 7 nitrogen and oxygen atoms in total. The van der Waals surface area contributed by atoms with Crippen molar-refractivity contribution in [1.82, 2.24) is 15.5 Å². The average molecular weight is 323 g/mol. The number of nitrogens with one attached hydrogen (secondary N) is 2. The number of aromatic nitrogens is 2. The minimum Gasteiger partial charge on any atom is -0.374 e. The van der Waals surface area contributed by atoms with Gasteiger partial charge in [-0.15, -0.1) is 10.2 Å². The number of rotatable bonds is 5. The molecule has 0 aliphatic rings. The normalized spacial score (nSPS) is 10.1. The van der Waals surface area contributed by atoms with E-state index in [1.54, 1.807) is 31.3 Å². The summed E-state index contributed by atoms with van der Waals surface area (Å²) in [5.74, 6) is -0.202. The van der Waals surface area contributed by atoms with Crippen LogP contribution in [0.3, 0.4) is 0 Å². The Balaban J connectivity index is 1.91. The molecule has 1 aromatic heterocycles. The SMILES string of the molecule is CNC(=O)c1cccc(NC(=O)CSc2nnc(N)s2)c1. The van der Waals surface area contributed by atoms with E-state index in [9.17, 15) is 9.59 Å². The molecule has 0 saturated carbocycles. The Labute approximate surface area is 129 Å². The third kappa shape index (κ3) is 4.43. The van der Waals surface area contributed by atoms with E-state index in [-0.39, 0.29) is 17.6 Å². The van der Waals surface area contributed by atoms with E-state index in [1.807, 2.05) is 0 Å². The number of hydrogen-bond acceptors (Lipinski definition) is 7. The second-order valence-corrected chi connectivity index (χ2v) is 6.13. The molecule has 0 bridgehead atoms. The van der Waals surface area contributed by atoms with Gasteiger partial charge in [-0.25, -0.2) is 0 Å². The molecular weight excluding hydrogens is 310 g/mol. The number of nitrogens with zero attached hydrogens (tertiary/aromatic N) is 2. The lowest BCUT2D eigenvalue weighted by atomic mass is 10.2. The van der Waals surface area contributed by atoms with E-state index < -0.39 is 0 Å². The van der Waals surface area contributed by atoms with Gasteiger partial charge in [-0.05, 0) is 18.2 Å². The molecule has 0 aliphatic carbocycles. The maximum absolute atomic E-state index is 11.8. The van der Waals surface area contributed by atoms with Crippen LogP contribution in [0.15, 0.2) is 28.6 Å². The van der Waals surface area contributed by atoms with Crippen molar-refractivity contribution < 1.29 is 9.59 Å². The molecule has 1 aromatic carbocycles. The van der Waals surface area contributed by atoms with Gasteiger partial charge in [0, 0.05) is 18.3 Å². The highest BCUT2D eigenvalue weighted by Gasteiger charge is 2.09. The third-order valence-corrected chi connectivity index (χ3v) is 4.27. The standard InChI is InChI=1S/C12H13N5O2S2/c1-14-10(19)7-3-2-4-8(5-7)15-9(18)6-20-12-17-16-11(13)21-12/h2-5H,6H2,1H3,(H2,13,16)(H,14,19)(H,15,18). The van der Waals surface area contributed by atoms with E-state index in [0.717, 1.165) is 0 Å². The van der Waals surface area contributed by atoms with Crippen molar-refractivity contribution in [2.24, 2.45) is 0 Å². The van der Waals surface area contributed by atoms with Crippen molar-refractivity contribution in [3.05, 3.63) is 29.8 Å². The Morgan fingerprint density at radius 3 is 2.86 bits per heavy atom. The maximum atomic E-state index is 11.8. The summed E-state index contributed by atoms with van der Waals surface area (Å²) < 4.78 is 0.641. The Morgan fingerprint density at radius 2 is 2.19 bits per heavy atom.